The van der Waals surface area contributed by atoms with Crippen LogP contribution in [-0.2, 0) is 4.43 Å². The predicted octanol–water partition coefficient (Wildman–Crippen LogP) is 9.54. The number of likely N-dealkylation sites (N-methyl/N-ethyl adjacent to an activating group) is 1. The third-order valence-corrected chi connectivity index (χ3v) is 49.5. The van der Waals surface area contributed by atoms with Gasteiger partial charge in [0, 0.05) is 68.8 Å². The first-order chi connectivity index (χ1) is 17.2. The second-order valence-corrected chi connectivity index (χ2v) is 45.0. The Morgan fingerprint density at radius 1 is 0.711 bits per heavy atom. The van der Waals surface area contributed by atoms with Crippen molar-refractivity contribution in [2.75, 3.05) is 14.1 Å². The average molecular weight is 598 g/mol. The number of benzene rings is 1. The molecule has 2 nitrogen and oxygen atoms in total. The van der Waals surface area contributed by atoms with Gasteiger partial charge in [0.1, 0.15) is 5.76 Å². The van der Waals surface area contributed by atoms with Crippen LogP contribution in [0.25, 0.3) is 5.76 Å². The lowest BCUT2D eigenvalue weighted by Crippen LogP contribution is -2.77. The number of hydrogen-bond donors (Lipinski definition) is 0. The van der Waals surface area contributed by atoms with E-state index in [1.165, 1.54) is 35.4 Å². The lowest BCUT2D eigenvalue weighted by atomic mass is 10.0. The van der Waals surface area contributed by atoms with E-state index >= 15 is 0 Å². The fourth-order valence-corrected chi connectivity index (χ4v) is 61.1. The molecule has 1 unspecified atom stereocenters. The summed E-state index contributed by atoms with van der Waals surface area (Å²) in [6.45, 7) is 32.7. The molecule has 4 rings (SSSR count). The number of fused-ring (bicyclic) bond motifs is 2. The van der Waals surface area contributed by atoms with E-state index in [1.807, 2.05) is 0 Å². The number of rotatable bonds is 6. The molecule has 210 valence electrons. The Balaban J connectivity index is 2.24. The van der Waals surface area contributed by atoms with E-state index in [9.17, 15) is 0 Å². The molecule has 0 saturated carbocycles. The monoisotopic (exact) mass is 597 g/mol. The van der Waals surface area contributed by atoms with E-state index < -0.39 is 40.6 Å². The summed E-state index contributed by atoms with van der Waals surface area (Å²) in [7, 11) is -4.91. The molecular formula is C31H55NOSi5. The van der Waals surface area contributed by atoms with E-state index in [4.69, 9.17) is 4.43 Å². The smallest absolute Gasteiger partial charge is 0.264 e. The first-order valence-electron chi connectivity index (χ1n) is 14.8. The molecule has 2 aliphatic heterocycles. The van der Waals surface area contributed by atoms with E-state index in [-0.39, 0.29) is 0 Å². The maximum atomic E-state index is 8.25. The highest BCUT2D eigenvalue weighted by Crippen LogP contribution is 2.81. The van der Waals surface area contributed by atoms with Crippen molar-refractivity contribution < 1.29 is 4.43 Å². The van der Waals surface area contributed by atoms with Gasteiger partial charge in [-0.1, -0.05) is 134 Å². The lowest BCUT2D eigenvalue weighted by Gasteiger charge is -2.66. The minimum atomic E-state index is -2.55. The van der Waals surface area contributed by atoms with E-state index in [1.54, 1.807) is 0 Å². The summed E-state index contributed by atoms with van der Waals surface area (Å²) in [6, 6.07) is 11.1. The van der Waals surface area contributed by atoms with Crippen molar-refractivity contribution in [3.8, 4) is 0 Å². The van der Waals surface area contributed by atoms with Gasteiger partial charge in [0.2, 0.25) is 0 Å². The zero-order valence-electron chi connectivity index (χ0n) is 27.0. The van der Waals surface area contributed by atoms with Crippen molar-refractivity contribution in [1.29, 1.82) is 0 Å². The Kier molecular flexibility index (Phi) is 7.18. The van der Waals surface area contributed by atoms with Crippen LogP contribution in [0.3, 0.4) is 0 Å². The van der Waals surface area contributed by atoms with Gasteiger partial charge in [-0.25, -0.2) is 0 Å². The molecule has 0 bridgehead atoms. The quantitative estimate of drug-likeness (QED) is 0.303. The average Bonchev–Trinajstić information content (AvgIpc) is 3.28. The van der Waals surface area contributed by atoms with Gasteiger partial charge in [-0.15, -0.1) is 0 Å². The highest BCUT2D eigenvalue weighted by molar-refractivity contribution is 7.26. The molecule has 7 heteroatoms. The molecule has 0 radical (unpaired) electrons. The first-order valence-corrected chi connectivity index (χ1v) is 30.7. The zero-order chi connectivity index (χ0) is 28.7. The highest BCUT2D eigenvalue weighted by Gasteiger charge is 2.86. The van der Waals surface area contributed by atoms with Crippen molar-refractivity contribution in [3.05, 3.63) is 65.4 Å². The van der Waals surface area contributed by atoms with E-state index in [0.717, 1.165) is 0 Å². The molecule has 1 spiro atoms. The lowest BCUT2D eigenvalue weighted by molar-refractivity contribution is 0.485. The van der Waals surface area contributed by atoms with Gasteiger partial charge in [0.25, 0.3) is 8.32 Å². The van der Waals surface area contributed by atoms with Crippen molar-refractivity contribution in [1.82, 2.24) is 4.90 Å². The van der Waals surface area contributed by atoms with Gasteiger partial charge in [-0.05, 0) is 14.6 Å². The Hall–Kier alpha value is -0.876. The Labute approximate surface area is 239 Å². The largest absolute Gasteiger partial charge is 0.542 e. The van der Waals surface area contributed by atoms with Gasteiger partial charge in [-0.2, -0.15) is 0 Å². The molecule has 0 N–H and O–H groups in total. The topological polar surface area (TPSA) is 12.5 Å². The Morgan fingerprint density at radius 2 is 1.16 bits per heavy atom. The summed E-state index contributed by atoms with van der Waals surface area (Å²) in [5, 5.41) is 0. The van der Waals surface area contributed by atoms with Crippen LogP contribution in [0.2, 0.25) is 92.7 Å². The van der Waals surface area contributed by atoms with Crippen LogP contribution in [-0.4, -0.2) is 59.6 Å². The molecule has 3 aliphatic rings. The standard InChI is InChI=1S/C31H55NOSi5/c1-32(2)26-20-21-27-28(24-26)38(33-29(27)25-18-16-15-17-19-25)30(34(3,4)5,35(6,7)8)22-23-31(38,36(9,10)11)37(12,13)14/h15-21,24,28H,22-23H2,1-14H3. The van der Waals surface area contributed by atoms with Gasteiger partial charge >= 0.3 is 0 Å². The molecule has 1 aliphatic carbocycles. The number of allylic oxidation sites excluding steroid dienone is 4. The van der Waals surface area contributed by atoms with Gasteiger partial charge < -0.3 is 9.33 Å². The molecule has 1 aromatic rings. The maximum absolute atomic E-state index is 8.25. The molecular weight excluding hydrogens is 543 g/mol. The zero-order valence-corrected chi connectivity index (χ0v) is 32.0. The van der Waals surface area contributed by atoms with Crippen molar-refractivity contribution in [2.45, 2.75) is 106 Å². The van der Waals surface area contributed by atoms with E-state index in [0.29, 0.717) is 14.1 Å². The minimum Gasteiger partial charge on any atom is -0.542 e. The SMILES string of the molecule is CN(C)C1=CC2C(=C(c3ccccc3)O[Si]23C([Si](C)(C)C)([Si](C)(C)C)CCC3([Si](C)(C)C)[Si](C)(C)C)C=C1. The summed E-state index contributed by atoms with van der Waals surface area (Å²) in [6.07, 6.45) is 10.4. The fraction of sp³-hybridized carbons (Fsp3) is 0.613. The maximum Gasteiger partial charge on any atom is 0.264 e. The van der Waals surface area contributed by atoms with Crippen molar-refractivity contribution in [2.24, 2.45) is 0 Å². The third-order valence-electron chi connectivity index (χ3n) is 10.9. The fourth-order valence-electron chi connectivity index (χ4n) is 10.3. The third kappa shape index (κ3) is 3.77. The van der Waals surface area contributed by atoms with E-state index in [2.05, 4.69) is 146 Å². The van der Waals surface area contributed by atoms with Crippen LogP contribution >= 0.6 is 0 Å². The van der Waals surface area contributed by atoms with Gasteiger partial charge in [0.15, 0.2) is 0 Å². The number of hydrogen-bond acceptors (Lipinski definition) is 2. The molecule has 38 heavy (non-hydrogen) atoms. The van der Waals surface area contributed by atoms with Crippen LogP contribution in [0.4, 0.5) is 0 Å². The molecule has 1 saturated heterocycles. The highest BCUT2D eigenvalue weighted by atomic mass is 28.5. The molecule has 1 aromatic carbocycles. The minimum absolute atomic E-state index is 0.388. The Bertz CT molecular complexity index is 1100. The molecule has 1 fully saturated rings. The van der Waals surface area contributed by atoms with Gasteiger partial charge in [-0.3, -0.25) is 0 Å². The summed E-state index contributed by atoms with van der Waals surface area (Å²) in [5.74, 6) is 1.23. The summed E-state index contributed by atoms with van der Waals surface area (Å²) >= 11 is 0. The molecule has 0 amide bonds. The predicted molar refractivity (Wildman–Crippen MR) is 183 cm³/mol. The second kappa shape index (κ2) is 9.06. The van der Waals surface area contributed by atoms with Crippen LogP contribution in [0.1, 0.15) is 18.4 Å². The van der Waals surface area contributed by atoms with Gasteiger partial charge in [0.05, 0.1) is 0 Å². The van der Waals surface area contributed by atoms with Crippen LogP contribution < -0.4 is 0 Å². The van der Waals surface area contributed by atoms with Crippen molar-refractivity contribution >= 4 is 46.4 Å². The van der Waals surface area contributed by atoms with Crippen LogP contribution in [0.5, 0.6) is 0 Å². The number of nitrogens with zero attached hydrogens (tertiary/aromatic N) is 1. The molecule has 0 aromatic heterocycles. The molecule has 2 heterocycles. The van der Waals surface area contributed by atoms with Crippen molar-refractivity contribution in [3.63, 3.8) is 0 Å². The summed E-state index contributed by atoms with van der Waals surface area (Å²) in [5.41, 5.74) is 4.59. The summed E-state index contributed by atoms with van der Waals surface area (Å²) < 4.78 is 9.03. The Morgan fingerprint density at radius 3 is 1.55 bits per heavy atom. The second-order valence-electron chi connectivity index (χ2n) is 16.6. The van der Waals surface area contributed by atoms with Crippen LogP contribution in [0, 0.1) is 0 Å². The normalized spacial score (nSPS) is 24.4. The first kappa shape index (κ1) is 30.1. The molecule has 1 atom stereocenters. The summed E-state index contributed by atoms with van der Waals surface area (Å²) in [4.78, 5) is 2.33. The van der Waals surface area contributed by atoms with Crippen LogP contribution in [0.15, 0.2) is 59.8 Å².